The quantitative estimate of drug-likeness (QED) is 0.185. The van der Waals surface area contributed by atoms with E-state index in [9.17, 15) is 0 Å². The van der Waals surface area contributed by atoms with Crippen LogP contribution in [0.1, 0.15) is 23.9 Å². The number of rotatable bonds is 4. The van der Waals surface area contributed by atoms with E-state index in [1.54, 1.807) is 0 Å². The van der Waals surface area contributed by atoms with Gasteiger partial charge in [-0.25, -0.2) is 15.0 Å². The molecule has 1 aliphatic rings. The number of benzene rings is 7. The second-order valence-electron chi connectivity index (χ2n) is 14.0. The van der Waals surface area contributed by atoms with E-state index in [0.29, 0.717) is 17.5 Å². The number of hydrogen-bond acceptors (Lipinski definition) is 5. The molecule has 0 radical (unpaired) electrons. The average Bonchev–Trinajstić information content (AvgIpc) is 3.77. The molecule has 10 aromatic rings. The van der Waals surface area contributed by atoms with E-state index in [4.69, 9.17) is 23.8 Å². The SMILES string of the molecule is CC1Cc2ccccc2C=C1c1nc(-c2ccccc2)nc(-c2cccc3oc4cc(-c5cccc6oc7cc8ccccc8cc7c56)ccc4c23)n1. The molecule has 250 valence electrons. The van der Waals surface area contributed by atoms with Gasteiger partial charge in [-0.2, -0.15) is 0 Å². The largest absolute Gasteiger partial charge is 0.456 e. The number of hydrogen-bond donors (Lipinski definition) is 0. The van der Waals surface area contributed by atoms with Crippen molar-refractivity contribution in [3.05, 3.63) is 163 Å². The molecule has 3 aromatic heterocycles. The summed E-state index contributed by atoms with van der Waals surface area (Å²) in [4.78, 5) is 15.4. The first kappa shape index (κ1) is 29.8. The predicted octanol–water partition coefficient (Wildman–Crippen LogP) is 12.6. The summed E-state index contributed by atoms with van der Waals surface area (Å²) in [5.74, 6) is 2.23. The maximum atomic E-state index is 6.63. The van der Waals surface area contributed by atoms with Crippen LogP contribution in [-0.4, -0.2) is 15.0 Å². The Balaban J connectivity index is 1.09. The molecule has 0 saturated heterocycles. The van der Waals surface area contributed by atoms with E-state index in [0.717, 1.165) is 83.5 Å². The lowest BCUT2D eigenvalue weighted by Crippen LogP contribution is -2.13. The van der Waals surface area contributed by atoms with Crippen LogP contribution in [0.3, 0.4) is 0 Å². The minimum absolute atomic E-state index is 0.253. The predicted molar refractivity (Wildman–Crippen MR) is 215 cm³/mol. The summed E-state index contributed by atoms with van der Waals surface area (Å²) < 4.78 is 13.0. The maximum absolute atomic E-state index is 6.63. The zero-order chi connectivity index (χ0) is 35.0. The number of furan rings is 2. The van der Waals surface area contributed by atoms with Crippen LogP contribution in [0, 0.1) is 5.92 Å². The summed E-state index contributed by atoms with van der Waals surface area (Å²) in [6.07, 6.45) is 3.19. The molecule has 0 saturated carbocycles. The lowest BCUT2D eigenvalue weighted by Gasteiger charge is -2.22. The lowest BCUT2D eigenvalue weighted by molar-refractivity contribution is 0.668. The highest BCUT2D eigenvalue weighted by Crippen LogP contribution is 2.42. The van der Waals surface area contributed by atoms with Crippen LogP contribution in [-0.2, 0) is 6.42 Å². The Bertz CT molecular complexity index is 3120. The molecule has 0 bridgehead atoms. The van der Waals surface area contributed by atoms with Crippen molar-refractivity contribution < 1.29 is 8.83 Å². The van der Waals surface area contributed by atoms with Gasteiger partial charge in [-0.1, -0.05) is 116 Å². The van der Waals surface area contributed by atoms with Gasteiger partial charge in [0.05, 0.1) is 0 Å². The highest BCUT2D eigenvalue weighted by Gasteiger charge is 2.24. The second kappa shape index (κ2) is 11.6. The number of fused-ring (bicyclic) bond motifs is 8. The minimum Gasteiger partial charge on any atom is -0.456 e. The van der Waals surface area contributed by atoms with Gasteiger partial charge in [0.1, 0.15) is 22.3 Å². The molecule has 1 aliphatic carbocycles. The lowest BCUT2D eigenvalue weighted by atomic mass is 9.84. The molecule has 7 aromatic carbocycles. The van der Waals surface area contributed by atoms with E-state index >= 15 is 0 Å². The summed E-state index contributed by atoms with van der Waals surface area (Å²) in [5.41, 5.74) is 11.0. The fourth-order valence-corrected chi connectivity index (χ4v) is 8.17. The molecule has 0 spiro atoms. The first-order valence-electron chi connectivity index (χ1n) is 18.1. The van der Waals surface area contributed by atoms with Crippen molar-refractivity contribution in [1.29, 1.82) is 0 Å². The Hall–Kier alpha value is -6.85. The first-order valence-corrected chi connectivity index (χ1v) is 18.1. The summed E-state index contributed by atoms with van der Waals surface area (Å²) in [5, 5.41) is 6.55. The zero-order valence-electron chi connectivity index (χ0n) is 28.9. The van der Waals surface area contributed by atoms with Crippen molar-refractivity contribution in [2.75, 3.05) is 0 Å². The molecule has 0 aliphatic heterocycles. The van der Waals surface area contributed by atoms with Gasteiger partial charge in [-0.15, -0.1) is 0 Å². The van der Waals surface area contributed by atoms with E-state index in [1.807, 2.05) is 36.4 Å². The maximum Gasteiger partial charge on any atom is 0.164 e. The highest BCUT2D eigenvalue weighted by atomic mass is 16.3. The minimum atomic E-state index is 0.253. The van der Waals surface area contributed by atoms with Gasteiger partial charge in [0, 0.05) is 38.2 Å². The van der Waals surface area contributed by atoms with Crippen molar-refractivity contribution >= 4 is 66.3 Å². The Morgan fingerprint density at radius 3 is 1.98 bits per heavy atom. The van der Waals surface area contributed by atoms with Crippen LogP contribution in [0.25, 0.3) is 100 Å². The molecule has 1 atom stereocenters. The monoisotopic (exact) mass is 681 g/mol. The second-order valence-corrected chi connectivity index (χ2v) is 14.0. The van der Waals surface area contributed by atoms with Crippen LogP contribution < -0.4 is 0 Å². The summed E-state index contributed by atoms with van der Waals surface area (Å²) >= 11 is 0. The van der Waals surface area contributed by atoms with Gasteiger partial charge in [0.2, 0.25) is 0 Å². The van der Waals surface area contributed by atoms with Gasteiger partial charge < -0.3 is 8.83 Å². The molecule has 11 rings (SSSR count). The van der Waals surface area contributed by atoms with Gasteiger partial charge in [0.25, 0.3) is 0 Å². The average molecular weight is 682 g/mol. The van der Waals surface area contributed by atoms with Crippen molar-refractivity contribution in [3.8, 4) is 33.9 Å². The van der Waals surface area contributed by atoms with Crippen molar-refractivity contribution in [2.45, 2.75) is 13.3 Å². The molecule has 0 N–H and O–H groups in total. The molecule has 3 heterocycles. The molecular weight excluding hydrogens is 651 g/mol. The van der Waals surface area contributed by atoms with Gasteiger partial charge in [-0.3, -0.25) is 0 Å². The third kappa shape index (κ3) is 4.81. The molecule has 0 amide bonds. The van der Waals surface area contributed by atoms with E-state index in [-0.39, 0.29) is 5.92 Å². The standard InChI is InChI=1S/C48H31N3O2/c1-28-23-30-13-5-6-14-31(30)24-38(28)48-50-46(29-11-3-2-4-12-29)49-47(51-48)37-18-10-20-41-45(37)36-22-21-34(27-42(36)52-41)35-17-9-19-40-44(35)39-25-32-15-7-8-16-33(32)26-43(39)53-40/h2-22,24-28H,23H2,1H3. The normalized spacial score (nSPS) is 14.4. The number of allylic oxidation sites excluding steroid dienone is 1. The van der Waals surface area contributed by atoms with Gasteiger partial charge in [-0.05, 0) is 87.8 Å². The summed E-state index contributed by atoms with van der Waals surface area (Å²) in [6, 6.07) is 50.4. The third-order valence-corrected chi connectivity index (χ3v) is 10.8. The van der Waals surface area contributed by atoms with Crippen LogP contribution >= 0.6 is 0 Å². The van der Waals surface area contributed by atoms with Crippen molar-refractivity contribution in [3.63, 3.8) is 0 Å². The molecule has 1 unspecified atom stereocenters. The Morgan fingerprint density at radius 1 is 0.491 bits per heavy atom. The summed E-state index contributed by atoms with van der Waals surface area (Å²) in [7, 11) is 0. The van der Waals surface area contributed by atoms with Crippen LogP contribution in [0.2, 0.25) is 0 Å². The smallest absolute Gasteiger partial charge is 0.164 e. The van der Waals surface area contributed by atoms with E-state index in [2.05, 4.69) is 122 Å². The fourth-order valence-electron chi connectivity index (χ4n) is 8.17. The van der Waals surface area contributed by atoms with E-state index in [1.165, 1.54) is 16.5 Å². The van der Waals surface area contributed by atoms with Crippen LogP contribution in [0.15, 0.2) is 154 Å². The Labute approximate surface area is 304 Å². The topological polar surface area (TPSA) is 65.0 Å². The zero-order valence-corrected chi connectivity index (χ0v) is 28.9. The Morgan fingerprint density at radius 2 is 1.15 bits per heavy atom. The first-order chi connectivity index (χ1) is 26.1. The molecule has 5 heteroatoms. The van der Waals surface area contributed by atoms with Gasteiger partial charge >= 0.3 is 0 Å². The molecule has 0 fully saturated rings. The fraction of sp³-hybridized carbons (Fsp3) is 0.0625. The van der Waals surface area contributed by atoms with Crippen LogP contribution in [0.5, 0.6) is 0 Å². The number of aromatic nitrogens is 3. The Kier molecular flexibility index (Phi) is 6.52. The summed E-state index contributed by atoms with van der Waals surface area (Å²) in [6.45, 7) is 2.25. The third-order valence-electron chi connectivity index (χ3n) is 10.8. The van der Waals surface area contributed by atoms with E-state index < -0.39 is 0 Å². The highest BCUT2D eigenvalue weighted by molar-refractivity contribution is 6.17. The van der Waals surface area contributed by atoms with Crippen molar-refractivity contribution in [2.24, 2.45) is 5.92 Å². The molecule has 5 nitrogen and oxygen atoms in total. The van der Waals surface area contributed by atoms with Gasteiger partial charge in [0.15, 0.2) is 17.5 Å². The van der Waals surface area contributed by atoms with Crippen LogP contribution in [0.4, 0.5) is 0 Å². The van der Waals surface area contributed by atoms with Crippen molar-refractivity contribution in [1.82, 2.24) is 15.0 Å². The molecule has 53 heavy (non-hydrogen) atoms. The number of nitrogens with zero attached hydrogens (tertiary/aromatic N) is 3. The molecular formula is C48H31N3O2.